The third kappa shape index (κ3) is 6.27. The van der Waals surface area contributed by atoms with Crippen LogP contribution in [0.25, 0.3) is 0 Å². The molecule has 24 heavy (non-hydrogen) atoms. The number of carbonyl (C=O) groups excluding carboxylic acids is 2. The number of anilines is 1. The average molecular weight is 417 g/mol. The van der Waals surface area contributed by atoms with E-state index in [1.54, 1.807) is 18.2 Å². The molecule has 132 valence electrons. The number of esters is 1. The van der Waals surface area contributed by atoms with Gasteiger partial charge in [-0.25, -0.2) is 9.18 Å². The molecule has 1 aromatic carbocycles. The quantitative estimate of drug-likeness (QED) is 0.296. The highest BCUT2D eigenvalue weighted by atomic mass is 35.6. The number of rotatable bonds is 5. The predicted octanol–water partition coefficient (Wildman–Crippen LogP) is 2.54. The monoisotopic (exact) mass is 415 g/mol. The van der Waals surface area contributed by atoms with Crippen molar-refractivity contribution in [2.24, 2.45) is 0 Å². The zero-order chi connectivity index (χ0) is 18.3. The van der Waals surface area contributed by atoms with Gasteiger partial charge in [0.05, 0.1) is 18.4 Å². The molecule has 0 heterocycles. The fourth-order valence-corrected chi connectivity index (χ4v) is 2.12. The number of carbonyl (C=O) groups is 2. The summed E-state index contributed by atoms with van der Waals surface area (Å²) in [5, 5.41) is 7.31. The highest BCUT2D eigenvalue weighted by Crippen LogP contribution is 2.29. The molecular weight excluding hydrogens is 404 g/mol. The van der Waals surface area contributed by atoms with Gasteiger partial charge in [-0.05, 0) is 24.4 Å². The largest absolute Gasteiger partial charge is 0.465 e. The Labute approximate surface area is 158 Å². The molecule has 0 aliphatic heterocycles. The second kappa shape index (κ2) is 9.22. The topological polar surface area (TPSA) is 79.5 Å². The van der Waals surface area contributed by atoms with Gasteiger partial charge in [0.15, 0.2) is 11.8 Å². The number of thiocarbonyl (C=S) groups is 1. The lowest BCUT2D eigenvalue weighted by Crippen LogP contribution is -2.56. The lowest BCUT2D eigenvalue weighted by molar-refractivity contribution is -0.122. The average Bonchev–Trinajstić information content (AvgIpc) is 2.52. The SMILES string of the molecule is COC(=O)c1ccccc1NC(=S)N[C@@H](NC(=O)CF)C(Cl)(Cl)Cl. The maximum absolute atomic E-state index is 12.3. The Morgan fingerprint density at radius 1 is 1.29 bits per heavy atom. The van der Waals surface area contributed by atoms with Crippen LogP contribution in [0.15, 0.2) is 24.3 Å². The first-order valence-corrected chi connectivity index (χ1v) is 7.90. The zero-order valence-electron chi connectivity index (χ0n) is 12.2. The highest BCUT2D eigenvalue weighted by molar-refractivity contribution is 7.80. The van der Waals surface area contributed by atoms with Crippen molar-refractivity contribution in [3.8, 4) is 0 Å². The molecule has 6 nitrogen and oxygen atoms in total. The van der Waals surface area contributed by atoms with E-state index in [1.807, 2.05) is 0 Å². The van der Waals surface area contributed by atoms with Gasteiger partial charge in [-0.2, -0.15) is 0 Å². The van der Waals surface area contributed by atoms with Crippen LogP contribution in [0.3, 0.4) is 0 Å². The van der Waals surface area contributed by atoms with Crippen LogP contribution in [0.5, 0.6) is 0 Å². The smallest absolute Gasteiger partial charge is 0.339 e. The number of benzene rings is 1. The van der Waals surface area contributed by atoms with E-state index in [4.69, 9.17) is 47.0 Å². The lowest BCUT2D eigenvalue weighted by atomic mass is 10.2. The summed E-state index contributed by atoms with van der Waals surface area (Å²) < 4.78 is 15.0. The molecule has 1 amide bonds. The van der Waals surface area contributed by atoms with Crippen molar-refractivity contribution in [1.82, 2.24) is 10.6 Å². The standard InChI is InChI=1S/C13H13Cl3FN3O3S/c1-23-10(22)7-4-2-3-5-8(7)18-12(24)20-11(13(14,15)16)19-9(21)6-17/h2-5,11H,6H2,1H3,(H,19,21)(H2,18,20,24)/t11-/m1/s1. The van der Waals surface area contributed by atoms with Crippen LogP contribution in [0, 0.1) is 0 Å². The van der Waals surface area contributed by atoms with E-state index in [9.17, 15) is 14.0 Å². The number of alkyl halides is 4. The molecule has 11 heteroatoms. The summed E-state index contributed by atoms with van der Waals surface area (Å²) in [5.41, 5.74) is 0.559. The third-order valence-electron chi connectivity index (χ3n) is 2.61. The number of hydrogen-bond donors (Lipinski definition) is 3. The molecule has 0 unspecified atom stereocenters. The predicted molar refractivity (Wildman–Crippen MR) is 95.3 cm³/mol. The van der Waals surface area contributed by atoms with Crippen molar-refractivity contribution in [3.63, 3.8) is 0 Å². The van der Waals surface area contributed by atoms with Gasteiger partial charge in [0.1, 0.15) is 6.17 Å². The first-order chi connectivity index (χ1) is 11.2. The van der Waals surface area contributed by atoms with E-state index >= 15 is 0 Å². The van der Waals surface area contributed by atoms with E-state index in [0.29, 0.717) is 5.69 Å². The Kier molecular flexibility index (Phi) is 7.95. The van der Waals surface area contributed by atoms with Crippen molar-refractivity contribution in [1.29, 1.82) is 0 Å². The summed E-state index contributed by atoms with van der Waals surface area (Å²) in [5.74, 6) is -1.57. The van der Waals surface area contributed by atoms with E-state index in [-0.39, 0.29) is 10.7 Å². The van der Waals surface area contributed by atoms with E-state index in [0.717, 1.165) is 0 Å². The fraction of sp³-hybridized carbons (Fsp3) is 0.308. The second-order valence-electron chi connectivity index (χ2n) is 4.31. The molecular formula is C13H13Cl3FN3O3S. The molecule has 0 saturated heterocycles. The first kappa shape index (κ1) is 20.7. The first-order valence-electron chi connectivity index (χ1n) is 6.36. The molecule has 1 rings (SSSR count). The second-order valence-corrected chi connectivity index (χ2v) is 7.09. The summed E-state index contributed by atoms with van der Waals surface area (Å²) in [6.07, 6.45) is -1.30. The number of nitrogens with one attached hydrogen (secondary N) is 3. The fourth-order valence-electron chi connectivity index (χ4n) is 1.57. The van der Waals surface area contributed by atoms with Crippen molar-refractivity contribution >= 4 is 69.7 Å². The summed E-state index contributed by atoms with van der Waals surface area (Å²) in [4.78, 5) is 22.9. The number of methoxy groups -OCH3 is 1. The minimum atomic E-state index is -2.00. The minimum Gasteiger partial charge on any atom is -0.465 e. The van der Waals surface area contributed by atoms with E-state index < -0.39 is 28.5 Å². The van der Waals surface area contributed by atoms with Gasteiger partial charge < -0.3 is 20.7 Å². The maximum atomic E-state index is 12.3. The van der Waals surface area contributed by atoms with Crippen LogP contribution >= 0.6 is 47.0 Å². The van der Waals surface area contributed by atoms with Crippen molar-refractivity contribution in [3.05, 3.63) is 29.8 Å². The molecule has 1 aromatic rings. The van der Waals surface area contributed by atoms with Gasteiger partial charge in [0, 0.05) is 0 Å². The van der Waals surface area contributed by atoms with Crippen LogP contribution < -0.4 is 16.0 Å². The Morgan fingerprint density at radius 2 is 1.92 bits per heavy atom. The van der Waals surface area contributed by atoms with Gasteiger partial charge in [0.25, 0.3) is 5.91 Å². The molecule has 0 bridgehead atoms. The molecule has 0 aliphatic rings. The zero-order valence-corrected chi connectivity index (χ0v) is 15.3. The Balaban J connectivity index is 2.87. The molecule has 0 fully saturated rings. The number of para-hydroxylation sites is 1. The highest BCUT2D eigenvalue weighted by Gasteiger charge is 2.34. The van der Waals surface area contributed by atoms with Gasteiger partial charge in [-0.1, -0.05) is 46.9 Å². The van der Waals surface area contributed by atoms with Gasteiger partial charge in [-0.15, -0.1) is 0 Å². The van der Waals surface area contributed by atoms with Gasteiger partial charge in [-0.3, -0.25) is 4.79 Å². The molecule has 0 aliphatic carbocycles. The van der Waals surface area contributed by atoms with Crippen LogP contribution in [0.4, 0.5) is 10.1 Å². The number of amides is 1. The lowest BCUT2D eigenvalue weighted by Gasteiger charge is -2.27. The van der Waals surface area contributed by atoms with Crippen LogP contribution in [0.1, 0.15) is 10.4 Å². The Morgan fingerprint density at radius 3 is 2.46 bits per heavy atom. The number of halogens is 4. The number of hydrogen-bond acceptors (Lipinski definition) is 4. The summed E-state index contributed by atoms with van der Waals surface area (Å²) >= 11 is 22.2. The summed E-state index contributed by atoms with van der Waals surface area (Å²) in [7, 11) is 1.24. The minimum absolute atomic E-state index is 0.0677. The summed E-state index contributed by atoms with van der Waals surface area (Å²) in [6, 6.07) is 6.40. The number of ether oxygens (including phenoxy) is 1. The molecule has 0 radical (unpaired) electrons. The van der Waals surface area contributed by atoms with Crippen molar-refractivity contribution in [2.75, 3.05) is 19.1 Å². The molecule has 1 atom stereocenters. The van der Waals surface area contributed by atoms with Gasteiger partial charge in [0.2, 0.25) is 3.79 Å². The summed E-state index contributed by atoms with van der Waals surface area (Å²) in [6.45, 7) is -1.29. The van der Waals surface area contributed by atoms with Crippen molar-refractivity contribution in [2.45, 2.75) is 9.96 Å². The Bertz CT molecular complexity index is 628. The normalized spacial score (nSPS) is 12.0. The van der Waals surface area contributed by atoms with Crippen LogP contribution in [0.2, 0.25) is 0 Å². The molecule has 0 aromatic heterocycles. The van der Waals surface area contributed by atoms with E-state index in [1.165, 1.54) is 13.2 Å². The molecule has 3 N–H and O–H groups in total. The van der Waals surface area contributed by atoms with Crippen LogP contribution in [-0.2, 0) is 9.53 Å². The van der Waals surface area contributed by atoms with Crippen molar-refractivity contribution < 1.29 is 18.7 Å². The van der Waals surface area contributed by atoms with Gasteiger partial charge >= 0.3 is 5.97 Å². The maximum Gasteiger partial charge on any atom is 0.339 e. The van der Waals surface area contributed by atoms with Crippen LogP contribution in [-0.4, -0.2) is 40.7 Å². The van der Waals surface area contributed by atoms with E-state index in [2.05, 4.69) is 20.7 Å². The third-order valence-corrected chi connectivity index (χ3v) is 3.48. The molecule has 0 spiro atoms. The molecule has 0 saturated carbocycles. The Hall–Kier alpha value is -1.35.